The van der Waals surface area contributed by atoms with Gasteiger partial charge in [-0.15, -0.1) is 12.4 Å². The summed E-state index contributed by atoms with van der Waals surface area (Å²) in [6.07, 6.45) is 4.97. The van der Waals surface area contributed by atoms with Gasteiger partial charge in [-0.1, -0.05) is 13.3 Å². The molecule has 3 aliphatic rings. The molecule has 4 heterocycles. The third-order valence-corrected chi connectivity index (χ3v) is 6.13. The summed E-state index contributed by atoms with van der Waals surface area (Å²) in [6.45, 7) is 4.55. The fraction of sp³-hybridized carbons (Fsp3) is 0.550. The van der Waals surface area contributed by atoms with Crippen molar-refractivity contribution in [2.24, 2.45) is 11.8 Å². The number of piperidine rings is 3. The molecule has 0 saturated carbocycles. The molecule has 2 bridgehead atoms. The Labute approximate surface area is 155 Å². The van der Waals surface area contributed by atoms with Crippen molar-refractivity contribution in [2.75, 3.05) is 20.2 Å². The standard InChI is InChI=1S/C20H26N2O2.ClH/c1-3-13-12-22-9-7-14(13)10-19(22)20(23)16-6-8-21-18-5-4-15(24-2)11-17(16)18;/h4-6,8,11,13-14,19-20,23H,3,7,9-10,12H2,1-2H3;1H/t13?,14?,19-,20-;/m0./s1. The van der Waals surface area contributed by atoms with Crippen LogP contribution in [0.15, 0.2) is 30.5 Å². The van der Waals surface area contributed by atoms with Crippen molar-refractivity contribution in [3.8, 4) is 5.75 Å². The summed E-state index contributed by atoms with van der Waals surface area (Å²) in [6, 6.07) is 8.07. The van der Waals surface area contributed by atoms with Crippen LogP contribution in [0, 0.1) is 11.8 Å². The van der Waals surface area contributed by atoms with Gasteiger partial charge in [0.25, 0.3) is 0 Å². The molecule has 3 fully saturated rings. The van der Waals surface area contributed by atoms with Gasteiger partial charge in [0, 0.05) is 24.2 Å². The Morgan fingerprint density at radius 3 is 2.88 bits per heavy atom. The van der Waals surface area contributed by atoms with Crippen molar-refractivity contribution in [3.63, 3.8) is 0 Å². The van der Waals surface area contributed by atoms with E-state index in [0.29, 0.717) is 0 Å². The van der Waals surface area contributed by atoms with Gasteiger partial charge in [-0.25, -0.2) is 0 Å². The number of hydrogen-bond acceptors (Lipinski definition) is 4. The van der Waals surface area contributed by atoms with Crippen LogP contribution in [0.25, 0.3) is 10.9 Å². The average Bonchev–Trinajstić information content (AvgIpc) is 2.66. The first-order valence-corrected chi connectivity index (χ1v) is 9.06. The van der Waals surface area contributed by atoms with E-state index in [1.807, 2.05) is 24.3 Å². The van der Waals surface area contributed by atoms with E-state index >= 15 is 0 Å². The minimum Gasteiger partial charge on any atom is -0.497 e. The van der Waals surface area contributed by atoms with Crippen molar-refractivity contribution >= 4 is 23.3 Å². The molecule has 3 aliphatic heterocycles. The summed E-state index contributed by atoms with van der Waals surface area (Å²) >= 11 is 0. The molecular weight excluding hydrogens is 336 g/mol. The van der Waals surface area contributed by atoms with E-state index in [1.165, 1.54) is 12.8 Å². The first kappa shape index (κ1) is 18.4. The fourth-order valence-corrected chi connectivity index (χ4v) is 4.71. The van der Waals surface area contributed by atoms with Crippen LogP contribution < -0.4 is 4.74 Å². The van der Waals surface area contributed by atoms with Gasteiger partial charge in [0.1, 0.15) is 5.75 Å². The summed E-state index contributed by atoms with van der Waals surface area (Å²) in [5, 5.41) is 12.2. The molecule has 4 nitrogen and oxygen atoms in total. The second kappa shape index (κ2) is 7.48. The van der Waals surface area contributed by atoms with Crippen LogP contribution in [0.1, 0.15) is 37.9 Å². The Kier molecular flexibility index (Phi) is 5.52. The number of halogens is 1. The summed E-state index contributed by atoms with van der Waals surface area (Å²) < 4.78 is 5.36. The maximum atomic E-state index is 11.2. The first-order valence-electron chi connectivity index (χ1n) is 9.06. The summed E-state index contributed by atoms with van der Waals surface area (Å²) in [4.78, 5) is 6.94. The van der Waals surface area contributed by atoms with Gasteiger partial charge in [0.05, 0.1) is 18.7 Å². The highest BCUT2D eigenvalue weighted by Crippen LogP contribution is 2.42. The Bertz CT molecular complexity index is 739. The largest absolute Gasteiger partial charge is 0.497 e. The second-order valence-electron chi connectivity index (χ2n) is 7.24. The Balaban J connectivity index is 0.00000182. The summed E-state index contributed by atoms with van der Waals surface area (Å²) in [5.74, 6) is 2.37. The molecule has 1 aromatic carbocycles. The minimum absolute atomic E-state index is 0. The molecule has 3 unspecified atom stereocenters. The van der Waals surface area contributed by atoms with E-state index in [2.05, 4.69) is 16.8 Å². The third kappa shape index (κ3) is 3.23. The van der Waals surface area contributed by atoms with Crippen LogP contribution in [0.3, 0.4) is 0 Å². The molecular formula is C20H27ClN2O2. The highest BCUT2D eigenvalue weighted by atomic mass is 35.5. The lowest BCUT2D eigenvalue weighted by Gasteiger charge is -2.51. The van der Waals surface area contributed by atoms with Gasteiger partial charge >= 0.3 is 0 Å². The maximum Gasteiger partial charge on any atom is 0.119 e. The number of ether oxygens (including phenoxy) is 1. The Morgan fingerprint density at radius 1 is 1.36 bits per heavy atom. The van der Waals surface area contributed by atoms with Gasteiger partial charge in [-0.2, -0.15) is 0 Å². The van der Waals surface area contributed by atoms with E-state index in [4.69, 9.17) is 4.74 Å². The molecule has 1 N–H and O–H groups in total. The quantitative estimate of drug-likeness (QED) is 0.898. The average molecular weight is 363 g/mol. The fourth-order valence-electron chi connectivity index (χ4n) is 4.71. The van der Waals surface area contributed by atoms with Crippen LogP contribution in [0.2, 0.25) is 0 Å². The maximum absolute atomic E-state index is 11.2. The molecule has 0 aliphatic carbocycles. The van der Waals surface area contributed by atoms with Crippen molar-refractivity contribution in [1.82, 2.24) is 9.88 Å². The number of methoxy groups -OCH3 is 1. The molecule has 5 atom stereocenters. The number of nitrogens with zero attached hydrogens (tertiary/aromatic N) is 2. The number of rotatable bonds is 4. The Morgan fingerprint density at radius 2 is 2.20 bits per heavy atom. The van der Waals surface area contributed by atoms with E-state index in [9.17, 15) is 5.11 Å². The smallest absolute Gasteiger partial charge is 0.119 e. The number of pyridine rings is 1. The molecule has 136 valence electrons. The predicted molar refractivity (Wildman–Crippen MR) is 102 cm³/mol. The van der Waals surface area contributed by atoms with E-state index in [0.717, 1.165) is 53.6 Å². The summed E-state index contributed by atoms with van der Waals surface area (Å²) in [5.41, 5.74) is 1.89. The van der Waals surface area contributed by atoms with Crippen LogP contribution in [-0.2, 0) is 0 Å². The highest BCUT2D eigenvalue weighted by molar-refractivity contribution is 5.85. The zero-order valence-corrected chi connectivity index (χ0v) is 15.7. The molecule has 0 spiro atoms. The van der Waals surface area contributed by atoms with E-state index < -0.39 is 6.10 Å². The SMILES string of the molecule is CCC1CN2CCC1C[C@H]2[C@@H](O)c1ccnc2ccc(OC)cc12.Cl. The number of benzene rings is 1. The van der Waals surface area contributed by atoms with Crippen LogP contribution >= 0.6 is 12.4 Å². The van der Waals surface area contributed by atoms with Gasteiger partial charge in [-0.3, -0.25) is 9.88 Å². The number of aromatic nitrogens is 1. The minimum atomic E-state index is -0.469. The van der Waals surface area contributed by atoms with Crippen LogP contribution in [0.4, 0.5) is 0 Å². The monoisotopic (exact) mass is 362 g/mol. The molecule has 1 aromatic heterocycles. The zero-order valence-electron chi connectivity index (χ0n) is 14.9. The second-order valence-corrected chi connectivity index (χ2v) is 7.24. The molecule has 5 rings (SSSR count). The lowest BCUT2D eigenvalue weighted by atomic mass is 9.72. The lowest BCUT2D eigenvalue weighted by molar-refractivity contribution is -0.0562. The van der Waals surface area contributed by atoms with E-state index in [1.54, 1.807) is 13.3 Å². The molecule has 5 heteroatoms. The molecule has 0 amide bonds. The van der Waals surface area contributed by atoms with Crippen molar-refractivity contribution < 1.29 is 9.84 Å². The van der Waals surface area contributed by atoms with E-state index in [-0.39, 0.29) is 18.4 Å². The lowest BCUT2D eigenvalue weighted by Crippen LogP contribution is -2.55. The molecule has 2 aromatic rings. The van der Waals surface area contributed by atoms with Gasteiger partial charge < -0.3 is 9.84 Å². The zero-order chi connectivity index (χ0) is 16.7. The normalized spacial score (nSPS) is 29.2. The summed E-state index contributed by atoms with van der Waals surface area (Å²) in [7, 11) is 1.67. The number of aliphatic hydroxyl groups is 1. The molecule has 25 heavy (non-hydrogen) atoms. The number of hydrogen-bond donors (Lipinski definition) is 1. The predicted octanol–water partition coefficient (Wildman–Crippen LogP) is 3.82. The highest BCUT2D eigenvalue weighted by Gasteiger charge is 2.42. The van der Waals surface area contributed by atoms with Gasteiger partial charge in [-0.05, 0) is 61.1 Å². The number of fused-ring (bicyclic) bond motifs is 4. The van der Waals surface area contributed by atoms with Crippen molar-refractivity contribution in [1.29, 1.82) is 0 Å². The Hall–Kier alpha value is -1.36. The third-order valence-electron chi connectivity index (χ3n) is 6.13. The topological polar surface area (TPSA) is 45.6 Å². The van der Waals surface area contributed by atoms with Crippen molar-refractivity contribution in [2.45, 2.75) is 38.3 Å². The van der Waals surface area contributed by atoms with Crippen LogP contribution in [0.5, 0.6) is 5.75 Å². The molecule has 3 saturated heterocycles. The van der Waals surface area contributed by atoms with Gasteiger partial charge in [0.2, 0.25) is 0 Å². The van der Waals surface area contributed by atoms with Gasteiger partial charge in [0.15, 0.2) is 0 Å². The van der Waals surface area contributed by atoms with Crippen LogP contribution in [-0.4, -0.2) is 41.2 Å². The van der Waals surface area contributed by atoms with Crippen molar-refractivity contribution in [3.05, 3.63) is 36.0 Å². The number of aliphatic hydroxyl groups excluding tert-OH is 1. The first-order chi connectivity index (χ1) is 11.7. The molecule has 0 radical (unpaired) electrons.